The number of hydrogen-bond acceptors (Lipinski definition) is 5. The molecule has 0 aromatic carbocycles. The molecule has 0 unspecified atom stereocenters. The summed E-state index contributed by atoms with van der Waals surface area (Å²) in [4.78, 5) is 16.3. The molecule has 1 rings (SSSR count). The molecule has 96 valence electrons. The minimum atomic E-state index is -0.456. The summed E-state index contributed by atoms with van der Waals surface area (Å²) >= 11 is 3.34. The first-order valence-corrected chi connectivity index (χ1v) is 6.23. The van der Waals surface area contributed by atoms with Gasteiger partial charge in [-0.05, 0) is 29.8 Å². The molecule has 0 radical (unpaired) electrons. The molecule has 0 saturated carbocycles. The van der Waals surface area contributed by atoms with E-state index in [-0.39, 0.29) is 5.69 Å². The van der Waals surface area contributed by atoms with Crippen molar-refractivity contribution in [2.24, 2.45) is 0 Å². The van der Waals surface area contributed by atoms with Crippen molar-refractivity contribution in [2.45, 2.75) is 20.3 Å². The topological polar surface area (TPSA) is 83.1 Å². The molecule has 0 saturated heterocycles. The Morgan fingerprint density at radius 3 is 2.83 bits per heavy atom. The van der Waals surface area contributed by atoms with Crippen LogP contribution in [0.5, 0.6) is 0 Å². The van der Waals surface area contributed by atoms with E-state index in [1.807, 2.05) is 11.8 Å². The Bertz CT molecular complexity index is 499. The average molecular weight is 313 g/mol. The third-order valence-corrected chi connectivity index (χ3v) is 3.54. The van der Waals surface area contributed by atoms with Crippen LogP contribution in [0.3, 0.4) is 0 Å². The zero-order valence-electron chi connectivity index (χ0n) is 10.2. The molecule has 0 bridgehead atoms. The van der Waals surface area contributed by atoms with Gasteiger partial charge in [-0.1, -0.05) is 0 Å². The van der Waals surface area contributed by atoms with Gasteiger partial charge < -0.3 is 4.90 Å². The van der Waals surface area contributed by atoms with Gasteiger partial charge in [0.25, 0.3) is 5.69 Å². The fourth-order valence-corrected chi connectivity index (χ4v) is 2.12. The Morgan fingerprint density at radius 2 is 2.33 bits per heavy atom. The zero-order valence-corrected chi connectivity index (χ0v) is 11.8. The normalized spacial score (nSPS) is 9.89. The summed E-state index contributed by atoms with van der Waals surface area (Å²) in [5.74, 6) is 0.635. The Kier molecular flexibility index (Phi) is 5.04. The number of anilines is 1. The molecule has 1 heterocycles. The molecule has 0 atom stereocenters. The van der Waals surface area contributed by atoms with Gasteiger partial charge in [-0.15, -0.1) is 0 Å². The minimum absolute atomic E-state index is 0.0121. The van der Waals surface area contributed by atoms with Crippen LogP contribution in [0.25, 0.3) is 0 Å². The number of nitro groups is 1. The highest BCUT2D eigenvalue weighted by molar-refractivity contribution is 9.10. The van der Waals surface area contributed by atoms with Crippen molar-refractivity contribution in [3.8, 4) is 6.07 Å². The summed E-state index contributed by atoms with van der Waals surface area (Å²) in [7, 11) is 0. The highest BCUT2D eigenvalue weighted by atomic mass is 79.9. The van der Waals surface area contributed by atoms with Crippen LogP contribution >= 0.6 is 15.9 Å². The maximum absolute atomic E-state index is 10.8. The lowest BCUT2D eigenvalue weighted by molar-refractivity contribution is -0.385. The smallest absolute Gasteiger partial charge is 0.291 e. The predicted molar refractivity (Wildman–Crippen MR) is 71.4 cm³/mol. The highest BCUT2D eigenvalue weighted by Gasteiger charge is 2.19. The number of rotatable bonds is 5. The third-order valence-electron chi connectivity index (χ3n) is 2.59. The SMILES string of the molecule is CCN(CCC#N)c1ncc([N+](=O)[O-])c(C)c1Br. The number of aromatic nitrogens is 1. The van der Waals surface area contributed by atoms with Gasteiger partial charge in [-0.3, -0.25) is 10.1 Å². The van der Waals surface area contributed by atoms with Crippen LogP contribution in [-0.2, 0) is 0 Å². The summed E-state index contributed by atoms with van der Waals surface area (Å²) in [5, 5.41) is 19.4. The van der Waals surface area contributed by atoms with Crippen LogP contribution in [0.2, 0.25) is 0 Å². The quantitative estimate of drug-likeness (QED) is 0.616. The zero-order chi connectivity index (χ0) is 13.7. The summed E-state index contributed by atoms with van der Waals surface area (Å²) < 4.78 is 0.608. The van der Waals surface area contributed by atoms with E-state index in [0.717, 1.165) is 0 Å². The first kappa shape index (κ1) is 14.4. The van der Waals surface area contributed by atoms with Crippen LogP contribution in [0.15, 0.2) is 10.7 Å². The average Bonchev–Trinajstić information content (AvgIpc) is 2.34. The molecule has 7 heteroatoms. The molecular weight excluding hydrogens is 300 g/mol. The second-order valence-corrected chi connectivity index (χ2v) is 4.44. The molecule has 0 aliphatic heterocycles. The molecular formula is C11H13BrN4O2. The fourth-order valence-electron chi connectivity index (χ4n) is 1.56. The van der Waals surface area contributed by atoms with Crippen LogP contribution in [0, 0.1) is 28.4 Å². The number of pyridine rings is 1. The highest BCUT2D eigenvalue weighted by Crippen LogP contribution is 2.32. The Balaban J connectivity index is 3.14. The number of hydrogen-bond donors (Lipinski definition) is 0. The molecule has 0 aliphatic rings. The van der Waals surface area contributed by atoms with E-state index >= 15 is 0 Å². The van der Waals surface area contributed by atoms with Gasteiger partial charge in [0, 0.05) is 18.7 Å². The van der Waals surface area contributed by atoms with Crippen LogP contribution in [-0.4, -0.2) is 23.0 Å². The molecule has 0 amide bonds. The molecule has 18 heavy (non-hydrogen) atoms. The van der Waals surface area contributed by atoms with Crippen molar-refractivity contribution in [3.05, 3.63) is 26.3 Å². The molecule has 0 spiro atoms. The molecule has 0 aliphatic carbocycles. The van der Waals surface area contributed by atoms with Gasteiger partial charge >= 0.3 is 0 Å². The number of nitriles is 1. The maximum Gasteiger partial charge on any atom is 0.291 e. The summed E-state index contributed by atoms with van der Waals surface area (Å²) in [6, 6.07) is 2.07. The van der Waals surface area contributed by atoms with Crippen LogP contribution in [0.1, 0.15) is 18.9 Å². The van der Waals surface area contributed by atoms with E-state index in [0.29, 0.717) is 35.4 Å². The lowest BCUT2D eigenvalue weighted by Gasteiger charge is -2.22. The molecule has 0 fully saturated rings. The maximum atomic E-state index is 10.8. The van der Waals surface area contributed by atoms with Gasteiger partial charge in [0.15, 0.2) is 0 Å². The van der Waals surface area contributed by atoms with Crippen LogP contribution in [0.4, 0.5) is 11.5 Å². The van der Waals surface area contributed by atoms with E-state index in [1.165, 1.54) is 6.20 Å². The fraction of sp³-hybridized carbons (Fsp3) is 0.455. The Labute approximate surface area is 114 Å². The van der Waals surface area contributed by atoms with Crippen molar-refractivity contribution < 1.29 is 4.92 Å². The Hall–Kier alpha value is -1.68. The van der Waals surface area contributed by atoms with Gasteiger partial charge in [0.1, 0.15) is 12.0 Å². The molecule has 1 aromatic heterocycles. The number of halogens is 1. The first-order valence-electron chi connectivity index (χ1n) is 5.44. The molecule has 0 N–H and O–H groups in total. The standard InChI is InChI=1S/C11H13BrN4O2/c1-3-15(6-4-5-13)11-10(12)8(2)9(7-14-11)16(17)18/h7H,3-4,6H2,1-2H3. The molecule has 6 nitrogen and oxygen atoms in total. The van der Waals surface area contributed by atoms with E-state index in [2.05, 4.69) is 27.0 Å². The summed E-state index contributed by atoms with van der Waals surface area (Å²) in [6.45, 7) is 4.86. The minimum Gasteiger partial charge on any atom is -0.355 e. The van der Waals surface area contributed by atoms with Gasteiger partial charge in [0.05, 0.1) is 21.9 Å². The van der Waals surface area contributed by atoms with E-state index in [1.54, 1.807) is 6.92 Å². The second kappa shape index (κ2) is 6.31. The monoisotopic (exact) mass is 312 g/mol. The summed E-state index contributed by atoms with van der Waals surface area (Å²) in [5.41, 5.74) is 0.530. The Morgan fingerprint density at radius 1 is 1.67 bits per heavy atom. The third kappa shape index (κ3) is 2.96. The van der Waals surface area contributed by atoms with E-state index in [9.17, 15) is 10.1 Å². The van der Waals surface area contributed by atoms with Gasteiger partial charge in [-0.2, -0.15) is 5.26 Å². The van der Waals surface area contributed by atoms with E-state index < -0.39 is 4.92 Å². The van der Waals surface area contributed by atoms with Crippen molar-refractivity contribution in [1.82, 2.24) is 4.98 Å². The lowest BCUT2D eigenvalue weighted by atomic mass is 10.2. The van der Waals surface area contributed by atoms with Crippen molar-refractivity contribution in [3.63, 3.8) is 0 Å². The molecule has 1 aromatic rings. The van der Waals surface area contributed by atoms with Crippen molar-refractivity contribution in [1.29, 1.82) is 5.26 Å². The first-order chi connectivity index (χ1) is 8.52. The number of nitrogens with zero attached hydrogens (tertiary/aromatic N) is 4. The van der Waals surface area contributed by atoms with Crippen molar-refractivity contribution >= 4 is 27.4 Å². The largest absolute Gasteiger partial charge is 0.355 e. The van der Waals surface area contributed by atoms with Gasteiger partial charge in [-0.25, -0.2) is 4.98 Å². The summed E-state index contributed by atoms with van der Waals surface area (Å²) in [6.07, 6.45) is 1.64. The second-order valence-electron chi connectivity index (χ2n) is 3.65. The van der Waals surface area contributed by atoms with Gasteiger partial charge in [0.2, 0.25) is 0 Å². The lowest BCUT2D eigenvalue weighted by Crippen LogP contribution is -2.25. The van der Waals surface area contributed by atoms with Crippen LogP contribution < -0.4 is 4.90 Å². The predicted octanol–water partition coefficient (Wildman–Crippen LogP) is 2.80. The van der Waals surface area contributed by atoms with E-state index in [4.69, 9.17) is 5.26 Å². The van der Waals surface area contributed by atoms with Crippen molar-refractivity contribution in [2.75, 3.05) is 18.0 Å².